The molecule has 0 atom stereocenters. The predicted octanol–water partition coefficient (Wildman–Crippen LogP) is 3.53. The van der Waals surface area contributed by atoms with Crippen molar-refractivity contribution in [2.75, 3.05) is 30.3 Å². The number of carbonyl (C=O) groups is 1. The van der Waals surface area contributed by atoms with Crippen LogP contribution in [0.5, 0.6) is 0 Å². The third-order valence-corrected chi connectivity index (χ3v) is 6.80. The second-order valence-electron chi connectivity index (χ2n) is 7.21. The zero-order valence-electron chi connectivity index (χ0n) is 16.4. The summed E-state index contributed by atoms with van der Waals surface area (Å²) in [5.74, 6) is -0.186. The Balaban J connectivity index is 1.68. The highest BCUT2D eigenvalue weighted by atomic mass is 32.2. The number of carbonyl (C=O) groups excluding carboxylic acids is 1. The molecule has 1 fully saturated rings. The van der Waals surface area contributed by atoms with Gasteiger partial charge in [-0.3, -0.25) is 4.79 Å². The summed E-state index contributed by atoms with van der Waals surface area (Å²) in [6.07, 6.45) is 2.87. The molecule has 1 saturated heterocycles. The Kier molecular flexibility index (Phi) is 6.36. The second kappa shape index (κ2) is 8.75. The van der Waals surface area contributed by atoms with E-state index in [-0.39, 0.29) is 17.3 Å². The third-order valence-electron chi connectivity index (χ3n) is 4.90. The number of benzene rings is 2. The first-order valence-electron chi connectivity index (χ1n) is 9.57. The summed E-state index contributed by atoms with van der Waals surface area (Å²) in [6, 6.07) is 12.6. The van der Waals surface area contributed by atoms with Gasteiger partial charge in [-0.2, -0.15) is 4.31 Å². The van der Waals surface area contributed by atoms with E-state index in [9.17, 15) is 13.2 Å². The Morgan fingerprint density at radius 3 is 2.50 bits per heavy atom. The van der Waals surface area contributed by atoms with Gasteiger partial charge in [0.2, 0.25) is 15.9 Å². The van der Waals surface area contributed by atoms with Crippen LogP contribution >= 0.6 is 0 Å². The Morgan fingerprint density at radius 2 is 1.79 bits per heavy atom. The van der Waals surface area contributed by atoms with Gasteiger partial charge in [-0.15, -0.1) is 0 Å². The summed E-state index contributed by atoms with van der Waals surface area (Å²) in [7, 11) is -3.50. The number of hydrogen-bond donors (Lipinski definition) is 2. The number of nitrogens with one attached hydrogen (secondary N) is 2. The molecular formula is C21H27N3O3S. The molecule has 0 aromatic heterocycles. The normalized spacial score (nSPS) is 15.2. The standard InChI is InChI=1S/C21H27N3O3S/c1-16-7-6-8-18(13-16)23-21(25)15-22-20-14-19(10-9-17(20)2)28(26,27)24-11-4-3-5-12-24/h6-10,13-14,22H,3-5,11-12,15H2,1-2H3,(H,23,25). The molecule has 2 aromatic carbocycles. The van der Waals surface area contributed by atoms with E-state index in [0.717, 1.165) is 36.1 Å². The molecule has 0 spiro atoms. The Morgan fingerprint density at radius 1 is 1.04 bits per heavy atom. The molecule has 28 heavy (non-hydrogen) atoms. The quantitative estimate of drug-likeness (QED) is 0.776. The number of aryl methyl sites for hydroxylation is 2. The molecule has 1 amide bonds. The maximum absolute atomic E-state index is 12.9. The van der Waals surface area contributed by atoms with E-state index >= 15 is 0 Å². The minimum Gasteiger partial charge on any atom is -0.376 e. The van der Waals surface area contributed by atoms with Crippen LogP contribution in [0.3, 0.4) is 0 Å². The van der Waals surface area contributed by atoms with Crippen LogP contribution in [0, 0.1) is 13.8 Å². The predicted molar refractivity (Wildman–Crippen MR) is 112 cm³/mol. The molecule has 1 heterocycles. The fourth-order valence-electron chi connectivity index (χ4n) is 3.31. The number of hydrogen-bond acceptors (Lipinski definition) is 4. The molecule has 2 aromatic rings. The zero-order valence-corrected chi connectivity index (χ0v) is 17.2. The zero-order chi connectivity index (χ0) is 20.1. The van der Waals surface area contributed by atoms with Crippen molar-refractivity contribution >= 4 is 27.3 Å². The summed E-state index contributed by atoms with van der Waals surface area (Å²) in [5.41, 5.74) is 3.35. The van der Waals surface area contributed by atoms with Crippen molar-refractivity contribution in [2.45, 2.75) is 38.0 Å². The number of rotatable bonds is 6. The summed E-state index contributed by atoms with van der Waals surface area (Å²) in [4.78, 5) is 12.5. The van der Waals surface area contributed by atoms with Crippen molar-refractivity contribution in [3.8, 4) is 0 Å². The maximum Gasteiger partial charge on any atom is 0.243 e. The van der Waals surface area contributed by atoms with Crippen molar-refractivity contribution < 1.29 is 13.2 Å². The van der Waals surface area contributed by atoms with E-state index in [2.05, 4.69) is 10.6 Å². The molecule has 0 unspecified atom stereocenters. The lowest BCUT2D eigenvalue weighted by molar-refractivity contribution is -0.114. The number of nitrogens with zero attached hydrogens (tertiary/aromatic N) is 1. The molecule has 6 nitrogen and oxygen atoms in total. The third kappa shape index (κ3) is 4.91. The lowest BCUT2D eigenvalue weighted by Crippen LogP contribution is -2.35. The highest BCUT2D eigenvalue weighted by Gasteiger charge is 2.26. The molecule has 2 N–H and O–H groups in total. The molecule has 0 aliphatic carbocycles. The van der Waals surface area contributed by atoms with Crippen LogP contribution in [-0.2, 0) is 14.8 Å². The Bertz CT molecular complexity index is 951. The van der Waals surface area contributed by atoms with Crippen molar-refractivity contribution in [3.63, 3.8) is 0 Å². The molecule has 0 bridgehead atoms. The number of amides is 1. The number of sulfonamides is 1. The van der Waals surface area contributed by atoms with Gasteiger partial charge in [0.15, 0.2) is 0 Å². The van der Waals surface area contributed by atoms with Gasteiger partial charge in [0.25, 0.3) is 0 Å². The lowest BCUT2D eigenvalue weighted by Gasteiger charge is -2.26. The van der Waals surface area contributed by atoms with E-state index in [0.29, 0.717) is 18.8 Å². The topological polar surface area (TPSA) is 78.5 Å². The van der Waals surface area contributed by atoms with Crippen LogP contribution in [0.4, 0.5) is 11.4 Å². The van der Waals surface area contributed by atoms with Gasteiger partial charge in [0.1, 0.15) is 0 Å². The molecular weight excluding hydrogens is 374 g/mol. The molecule has 0 saturated carbocycles. The lowest BCUT2D eigenvalue weighted by atomic mass is 10.2. The van der Waals surface area contributed by atoms with Gasteiger partial charge >= 0.3 is 0 Å². The van der Waals surface area contributed by atoms with E-state index in [4.69, 9.17) is 0 Å². The van der Waals surface area contributed by atoms with Crippen LogP contribution in [0.1, 0.15) is 30.4 Å². The molecule has 150 valence electrons. The van der Waals surface area contributed by atoms with Gasteiger partial charge in [0.05, 0.1) is 11.4 Å². The van der Waals surface area contributed by atoms with E-state index in [1.54, 1.807) is 22.5 Å². The minimum absolute atomic E-state index is 0.0575. The first-order chi connectivity index (χ1) is 13.4. The Hall–Kier alpha value is -2.38. The summed E-state index contributed by atoms with van der Waals surface area (Å²) in [6.45, 7) is 5.04. The van der Waals surface area contributed by atoms with Gasteiger partial charge < -0.3 is 10.6 Å². The fourth-order valence-corrected chi connectivity index (χ4v) is 4.85. The van der Waals surface area contributed by atoms with Gasteiger partial charge in [0, 0.05) is 24.5 Å². The highest BCUT2D eigenvalue weighted by Crippen LogP contribution is 2.25. The van der Waals surface area contributed by atoms with Crippen LogP contribution in [0.2, 0.25) is 0 Å². The SMILES string of the molecule is Cc1cccc(NC(=O)CNc2cc(S(=O)(=O)N3CCCCC3)ccc2C)c1. The van der Waals surface area contributed by atoms with E-state index < -0.39 is 10.0 Å². The molecule has 0 radical (unpaired) electrons. The average molecular weight is 402 g/mol. The number of anilines is 2. The van der Waals surface area contributed by atoms with Crippen molar-refractivity contribution in [2.24, 2.45) is 0 Å². The first kappa shape index (κ1) is 20.4. The highest BCUT2D eigenvalue weighted by molar-refractivity contribution is 7.89. The summed E-state index contributed by atoms with van der Waals surface area (Å²) < 4.78 is 27.3. The van der Waals surface area contributed by atoms with Gasteiger partial charge in [-0.1, -0.05) is 24.6 Å². The second-order valence-corrected chi connectivity index (χ2v) is 9.15. The number of piperidine rings is 1. The molecule has 1 aliphatic heterocycles. The van der Waals surface area contributed by atoms with E-state index in [1.165, 1.54) is 0 Å². The van der Waals surface area contributed by atoms with Gasteiger partial charge in [-0.25, -0.2) is 8.42 Å². The van der Waals surface area contributed by atoms with Crippen molar-refractivity contribution in [3.05, 3.63) is 53.6 Å². The average Bonchev–Trinajstić information content (AvgIpc) is 2.68. The first-order valence-corrected chi connectivity index (χ1v) is 11.0. The fraction of sp³-hybridized carbons (Fsp3) is 0.381. The van der Waals surface area contributed by atoms with Crippen LogP contribution < -0.4 is 10.6 Å². The maximum atomic E-state index is 12.9. The van der Waals surface area contributed by atoms with Crippen LogP contribution in [-0.4, -0.2) is 38.3 Å². The minimum atomic E-state index is -3.50. The van der Waals surface area contributed by atoms with Crippen LogP contribution in [0.15, 0.2) is 47.4 Å². The monoisotopic (exact) mass is 401 g/mol. The molecule has 1 aliphatic rings. The van der Waals surface area contributed by atoms with Crippen molar-refractivity contribution in [1.29, 1.82) is 0 Å². The van der Waals surface area contributed by atoms with Crippen molar-refractivity contribution in [1.82, 2.24) is 4.31 Å². The van der Waals surface area contributed by atoms with Crippen LogP contribution in [0.25, 0.3) is 0 Å². The smallest absolute Gasteiger partial charge is 0.243 e. The molecule has 3 rings (SSSR count). The van der Waals surface area contributed by atoms with E-state index in [1.807, 2.05) is 38.1 Å². The Labute approximate surface area is 167 Å². The van der Waals surface area contributed by atoms with Gasteiger partial charge in [-0.05, 0) is 62.1 Å². The summed E-state index contributed by atoms with van der Waals surface area (Å²) >= 11 is 0. The largest absolute Gasteiger partial charge is 0.376 e. The molecule has 7 heteroatoms. The summed E-state index contributed by atoms with van der Waals surface area (Å²) in [5, 5.41) is 5.91.